The Labute approximate surface area is 228 Å². The highest BCUT2D eigenvalue weighted by molar-refractivity contribution is 5.98. The summed E-state index contributed by atoms with van der Waals surface area (Å²) < 4.78 is 10.9. The fraction of sp³-hybridized carbons (Fsp3) is 0.433. The number of aromatic hydroxyl groups is 2. The lowest BCUT2D eigenvalue weighted by Crippen LogP contribution is -2.28. The molecule has 9 nitrogen and oxygen atoms in total. The van der Waals surface area contributed by atoms with Gasteiger partial charge in [-0.05, 0) is 61.9 Å². The molecule has 39 heavy (non-hydrogen) atoms. The summed E-state index contributed by atoms with van der Waals surface area (Å²) in [6.07, 6.45) is 5.95. The maximum Gasteiger partial charge on any atom is 0.342 e. The van der Waals surface area contributed by atoms with Crippen molar-refractivity contribution in [3.05, 3.63) is 58.7 Å². The number of rotatable bonds is 7. The predicted octanol–water partition coefficient (Wildman–Crippen LogP) is 4.22. The van der Waals surface area contributed by atoms with E-state index in [1.54, 1.807) is 43.3 Å². The van der Waals surface area contributed by atoms with Gasteiger partial charge in [-0.1, -0.05) is 24.3 Å². The van der Waals surface area contributed by atoms with Crippen molar-refractivity contribution in [1.82, 2.24) is 5.32 Å². The highest BCUT2D eigenvalue weighted by Crippen LogP contribution is 2.44. The molecule has 2 aromatic rings. The number of phenols is 2. The van der Waals surface area contributed by atoms with Gasteiger partial charge in [0.25, 0.3) is 0 Å². The second kappa shape index (κ2) is 14.3. The number of ketones is 1. The summed E-state index contributed by atoms with van der Waals surface area (Å²) in [6.45, 7) is 1.55. The van der Waals surface area contributed by atoms with Gasteiger partial charge in [0, 0.05) is 37.3 Å². The maximum atomic E-state index is 13.4. The third kappa shape index (κ3) is 8.07. The number of hydrogen-bond acceptors (Lipinski definition) is 8. The first kappa shape index (κ1) is 29.7. The minimum atomic E-state index is -0.826. The molecule has 1 unspecified atom stereocenters. The van der Waals surface area contributed by atoms with Gasteiger partial charge in [0.15, 0.2) is 0 Å². The quantitative estimate of drug-likeness (QED) is 0.383. The minimum absolute atomic E-state index is 0.0165. The molecule has 9 heteroatoms. The van der Waals surface area contributed by atoms with Crippen LogP contribution in [-0.4, -0.2) is 59.3 Å². The molecule has 1 aliphatic heterocycles. The molecular weight excluding hydrogens is 502 g/mol. The van der Waals surface area contributed by atoms with Crippen LogP contribution in [0.1, 0.15) is 84.8 Å². The molecule has 1 aliphatic rings. The molecule has 210 valence electrons. The van der Waals surface area contributed by atoms with Crippen molar-refractivity contribution >= 4 is 23.7 Å². The molecule has 4 N–H and O–H groups in total. The molecule has 0 saturated heterocycles. The summed E-state index contributed by atoms with van der Waals surface area (Å²) in [5.74, 6) is -1.99. The molecule has 1 heterocycles. The SMILES string of the molecule is COc1ccc(C(CC(=O)NCCO)c2c(O)cc3c(c2O)C(=O)O[C@@H](C)CCCC(=O)CCC/C=C/3)cc1. The van der Waals surface area contributed by atoms with Gasteiger partial charge in [-0.15, -0.1) is 0 Å². The van der Waals surface area contributed by atoms with E-state index in [0.717, 1.165) is 0 Å². The van der Waals surface area contributed by atoms with E-state index < -0.39 is 29.6 Å². The second-order valence-electron chi connectivity index (χ2n) is 9.67. The normalized spacial score (nSPS) is 18.3. The summed E-state index contributed by atoms with van der Waals surface area (Å²) in [5, 5.41) is 34.3. The van der Waals surface area contributed by atoms with Crippen LogP contribution in [0.3, 0.4) is 0 Å². The Morgan fingerprint density at radius 3 is 2.56 bits per heavy atom. The molecule has 2 aromatic carbocycles. The molecule has 0 saturated carbocycles. The van der Waals surface area contributed by atoms with Gasteiger partial charge in [-0.3, -0.25) is 9.59 Å². The van der Waals surface area contributed by atoms with Crippen LogP contribution in [-0.2, 0) is 14.3 Å². The highest BCUT2D eigenvalue weighted by Gasteiger charge is 2.30. The zero-order valence-corrected chi connectivity index (χ0v) is 22.4. The second-order valence-corrected chi connectivity index (χ2v) is 9.67. The lowest BCUT2D eigenvalue weighted by molar-refractivity contribution is -0.121. The van der Waals surface area contributed by atoms with E-state index in [2.05, 4.69) is 5.32 Å². The molecule has 0 bridgehead atoms. The number of Topliss-reactive ketones (excluding diaryl/α,β-unsaturated/α-hetero) is 1. The largest absolute Gasteiger partial charge is 0.507 e. The Morgan fingerprint density at radius 2 is 1.87 bits per heavy atom. The smallest absolute Gasteiger partial charge is 0.342 e. The molecule has 0 fully saturated rings. The van der Waals surface area contributed by atoms with Crippen LogP contribution in [0, 0.1) is 0 Å². The van der Waals surface area contributed by atoms with E-state index in [1.807, 2.05) is 0 Å². The van der Waals surface area contributed by atoms with E-state index >= 15 is 0 Å². The topological polar surface area (TPSA) is 142 Å². The van der Waals surface area contributed by atoms with Gasteiger partial charge < -0.3 is 30.1 Å². The van der Waals surface area contributed by atoms with Gasteiger partial charge in [-0.25, -0.2) is 4.79 Å². The van der Waals surface area contributed by atoms with Crippen LogP contribution < -0.4 is 10.1 Å². The van der Waals surface area contributed by atoms with Crippen molar-refractivity contribution in [2.75, 3.05) is 20.3 Å². The number of methoxy groups -OCH3 is 1. The average molecular weight is 540 g/mol. The number of esters is 1. The van der Waals surface area contributed by atoms with Crippen molar-refractivity contribution in [2.24, 2.45) is 0 Å². The van der Waals surface area contributed by atoms with Crippen LogP contribution in [0.4, 0.5) is 0 Å². The number of carbonyl (C=O) groups excluding carboxylic acids is 3. The average Bonchev–Trinajstić information content (AvgIpc) is 2.90. The lowest BCUT2D eigenvalue weighted by Gasteiger charge is -2.23. The van der Waals surface area contributed by atoms with Gasteiger partial charge in [0.05, 0.1) is 19.8 Å². The highest BCUT2D eigenvalue weighted by atomic mass is 16.5. The summed E-state index contributed by atoms with van der Waals surface area (Å²) in [6, 6.07) is 8.21. The van der Waals surface area contributed by atoms with Gasteiger partial charge in [0.1, 0.15) is 28.6 Å². The summed E-state index contributed by atoms with van der Waals surface area (Å²) in [7, 11) is 1.53. The Hall–Kier alpha value is -3.85. The van der Waals surface area contributed by atoms with Gasteiger partial charge in [-0.2, -0.15) is 0 Å². The van der Waals surface area contributed by atoms with E-state index in [0.29, 0.717) is 49.8 Å². The Bertz CT molecular complexity index is 1190. The number of fused-ring (bicyclic) bond motifs is 1. The molecule has 3 rings (SSSR count). The number of nitrogens with one attached hydrogen (secondary N) is 1. The van der Waals surface area contributed by atoms with Crippen LogP contribution in [0.25, 0.3) is 6.08 Å². The van der Waals surface area contributed by atoms with E-state index in [9.17, 15) is 24.6 Å². The number of aliphatic hydroxyl groups excluding tert-OH is 1. The van der Waals surface area contributed by atoms with Gasteiger partial charge in [0.2, 0.25) is 5.91 Å². The fourth-order valence-corrected chi connectivity index (χ4v) is 4.69. The minimum Gasteiger partial charge on any atom is -0.507 e. The maximum absolute atomic E-state index is 13.4. The predicted molar refractivity (Wildman–Crippen MR) is 146 cm³/mol. The summed E-state index contributed by atoms with van der Waals surface area (Å²) >= 11 is 0. The molecule has 0 aliphatic carbocycles. The van der Waals surface area contributed by atoms with E-state index in [-0.39, 0.29) is 47.8 Å². The molecule has 2 atom stereocenters. The number of amides is 1. The number of aliphatic hydroxyl groups is 1. The van der Waals surface area contributed by atoms with Crippen LogP contribution in [0.2, 0.25) is 0 Å². The summed E-state index contributed by atoms with van der Waals surface area (Å²) in [5.41, 5.74) is 0.784. The first-order chi connectivity index (χ1) is 18.7. The van der Waals surface area contributed by atoms with Crippen molar-refractivity contribution in [3.63, 3.8) is 0 Å². The molecule has 0 radical (unpaired) electrons. The zero-order valence-electron chi connectivity index (χ0n) is 22.4. The molecular formula is C30H37NO8. The van der Waals surface area contributed by atoms with Crippen LogP contribution >= 0.6 is 0 Å². The first-order valence-electron chi connectivity index (χ1n) is 13.2. The number of carbonyl (C=O) groups is 3. The number of benzene rings is 2. The van der Waals surface area contributed by atoms with Crippen LogP contribution in [0.15, 0.2) is 36.4 Å². The standard InChI is InChI=1S/C30H37NO8/c1-19-7-6-10-22(33)9-5-3-4-8-21-17-25(34)28(29(36)27(21)30(37)39-19)24(18-26(35)31-15-16-32)20-11-13-23(38-2)14-12-20/h4,8,11-14,17,19,24,32,34,36H,3,5-7,9-10,15-16,18H2,1-2H3,(H,31,35)/b8-4+/t19-,24?/m0/s1. The Balaban J connectivity index is 2.12. The van der Waals surface area contributed by atoms with E-state index in [4.69, 9.17) is 14.6 Å². The molecule has 0 aromatic heterocycles. The number of phenolic OH excluding ortho intramolecular Hbond substituents is 2. The fourth-order valence-electron chi connectivity index (χ4n) is 4.69. The van der Waals surface area contributed by atoms with Crippen molar-refractivity contribution in [1.29, 1.82) is 0 Å². The number of cyclic esters (lactones) is 1. The number of allylic oxidation sites excluding steroid dienone is 1. The third-order valence-corrected chi connectivity index (χ3v) is 6.74. The van der Waals surface area contributed by atoms with Gasteiger partial charge >= 0.3 is 5.97 Å². The first-order valence-corrected chi connectivity index (χ1v) is 13.2. The Morgan fingerprint density at radius 1 is 1.15 bits per heavy atom. The third-order valence-electron chi connectivity index (χ3n) is 6.74. The Kier molecular flexibility index (Phi) is 10.9. The molecule has 0 spiro atoms. The monoisotopic (exact) mass is 539 g/mol. The van der Waals surface area contributed by atoms with Crippen molar-refractivity contribution in [3.8, 4) is 17.2 Å². The van der Waals surface area contributed by atoms with Crippen molar-refractivity contribution in [2.45, 2.75) is 63.9 Å². The zero-order chi connectivity index (χ0) is 28.4. The number of ether oxygens (including phenoxy) is 2. The summed E-state index contributed by atoms with van der Waals surface area (Å²) in [4.78, 5) is 38.1. The van der Waals surface area contributed by atoms with Crippen LogP contribution in [0.5, 0.6) is 17.2 Å². The molecule has 1 amide bonds. The van der Waals surface area contributed by atoms with E-state index in [1.165, 1.54) is 13.2 Å². The van der Waals surface area contributed by atoms with Crippen molar-refractivity contribution < 1.29 is 39.2 Å². The lowest BCUT2D eigenvalue weighted by atomic mass is 9.84. The number of hydrogen-bond donors (Lipinski definition) is 4.